The summed E-state index contributed by atoms with van der Waals surface area (Å²) in [5, 5.41) is 0.752. The highest BCUT2D eigenvalue weighted by atomic mass is 79.9. The quantitative estimate of drug-likeness (QED) is 0.521. The van der Waals surface area contributed by atoms with Gasteiger partial charge in [0.05, 0.1) is 5.02 Å². The molecule has 1 unspecified atom stereocenters. The fourth-order valence-electron chi connectivity index (χ4n) is 1.96. The summed E-state index contributed by atoms with van der Waals surface area (Å²) >= 11 is 13.3. The standard InChI is InChI=1S/C16H15Br2Cl/c1-10-3-4-12(7-11(10)2)8-15(18)13-5-6-14(17)16(19)9-13/h3-7,9,15H,8H2,1-2H3. The Hall–Kier alpha value is -0.310. The number of rotatable bonds is 3. The van der Waals surface area contributed by atoms with Crippen molar-refractivity contribution >= 4 is 43.5 Å². The van der Waals surface area contributed by atoms with Gasteiger partial charge in [-0.25, -0.2) is 0 Å². The van der Waals surface area contributed by atoms with Crippen LogP contribution in [0.4, 0.5) is 0 Å². The summed E-state index contributed by atoms with van der Waals surface area (Å²) in [6, 6.07) is 12.7. The molecule has 0 aliphatic rings. The van der Waals surface area contributed by atoms with Crippen LogP contribution in [0.3, 0.4) is 0 Å². The second-order valence-electron chi connectivity index (χ2n) is 4.76. The lowest BCUT2D eigenvalue weighted by Crippen LogP contribution is -1.96. The van der Waals surface area contributed by atoms with Gasteiger partial charge in [0.15, 0.2) is 0 Å². The highest BCUT2D eigenvalue weighted by Gasteiger charge is 2.10. The van der Waals surface area contributed by atoms with Crippen molar-refractivity contribution in [2.45, 2.75) is 25.1 Å². The van der Waals surface area contributed by atoms with Gasteiger partial charge in [-0.3, -0.25) is 0 Å². The van der Waals surface area contributed by atoms with E-state index in [-0.39, 0.29) is 4.83 Å². The van der Waals surface area contributed by atoms with E-state index in [2.05, 4.69) is 70.0 Å². The third-order valence-corrected chi connectivity index (χ3v) is 5.38. The van der Waals surface area contributed by atoms with Crippen molar-refractivity contribution in [1.29, 1.82) is 0 Å². The predicted octanol–water partition coefficient (Wildman–Crippen LogP) is 6.40. The van der Waals surface area contributed by atoms with Gasteiger partial charge < -0.3 is 0 Å². The summed E-state index contributed by atoms with van der Waals surface area (Å²) in [4.78, 5) is 0.278. The smallest absolute Gasteiger partial charge is 0.0551 e. The van der Waals surface area contributed by atoms with E-state index in [0.717, 1.165) is 15.9 Å². The molecule has 2 rings (SSSR count). The number of hydrogen-bond donors (Lipinski definition) is 0. The van der Waals surface area contributed by atoms with Gasteiger partial charge in [0.1, 0.15) is 0 Å². The van der Waals surface area contributed by atoms with E-state index in [1.807, 2.05) is 12.1 Å². The van der Waals surface area contributed by atoms with Crippen LogP contribution in [0.15, 0.2) is 40.9 Å². The van der Waals surface area contributed by atoms with Crippen molar-refractivity contribution in [3.8, 4) is 0 Å². The summed E-state index contributed by atoms with van der Waals surface area (Å²) < 4.78 is 0.934. The molecule has 0 fully saturated rings. The van der Waals surface area contributed by atoms with Crippen LogP contribution in [0, 0.1) is 13.8 Å². The zero-order valence-electron chi connectivity index (χ0n) is 10.9. The van der Waals surface area contributed by atoms with Gasteiger partial charge in [0.2, 0.25) is 0 Å². The molecule has 0 aromatic heterocycles. The molecule has 0 amide bonds. The fourth-order valence-corrected chi connectivity index (χ4v) is 3.06. The molecule has 0 N–H and O–H groups in total. The van der Waals surface area contributed by atoms with Crippen molar-refractivity contribution in [2.75, 3.05) is 0 Å². The van der Waals surface area contributed by atoms with Crippen LogP contribution in [0.5, 0.6) is 0 Å². The van der Waals surface area contributed by atoms with Gasteiger partial charge in [-0.05, 0) is 70.6 Å². The minimum Gasteiger partial charge on any atom is -0.0835 e. The average Bonchev–Trinajstić information content (AvgIpc) is 2.37. The Morgan fingerprint density at radius 1 is 1.05 bits per heavy atom. The molecule has 0 saturated carbocycles. The normalized spacial score (nSPS) is 12.5. The van der Waals surface area contributed by atoms with E-state index in [9.17, 15) is 0 Å². The first-order valence-corrected chi connectivity index (χ1v) is 8.21. The van der Waals surface area contributed by atoms with Crippen LogP contribution in [0.25, 0.3) is 0 Å². The second-order valence-corrected chi connectivity index (χ2v) is 7.13. The second kappa shape index (κ2) is 6.43. The Bertz CT molecular complexity index is 593. The molecule has 0 nitrogen and oxygen atoms in total. The molecule has 0 bridgehead atoms. The lowest BCUT2D eigenvalue weighted by molar-refractivity contribution is 0.945. The van der Waals surface area contributed by atoms with Crippen LogP contribution >= 0.6 is 43.5 Å². The lowest BCUT2D eigenvalue weighted by Gasteiger charge is -2.12. The topological polar surface area (TPSA) is 0 Å². The first kappa shape index (κ1) is 15.1. The first-order chi connectivity index (χ1) is 8.97. The average molecular weight is 403 g/mol. The zero-order valence-corrected chi connectivity index (χ0v) is 14.8. The molecule has 0 spiro atoms. The van der Waals surface area contributed by atoms with Crippen molar-refractivity contribution < 1.29 is 0 Å². The van der Waals surface area contributed by atoms with Crippen LogP contribution in [0.2, 0.25) is 5.02 Å². The molecule has 1 atom stereocenters. The summed E-state index contributed by atoms with van der Waals surface area (Å²) in [5.74, 6) is 0. The molecule has 0 aliphatic heterocycles. The third-order valence-electron chi connectivity index (χ3n) is 3.29. The highest BCUT2D eigenvalue weighted by Crippen LogP contribution is 2.32. The first-order valence-electron chi connectivity index (χ1n) is 6.12. The Morgan fingerprint density at radius 2 is 1.79 bits per heavy atom. The molecular weight excluding hydrogens is 387 g/mol. The third kappa shape index (κ3) is 3.84. The molecule has 3 heteroatoms. The van der Waals surface area contributed by atoms with E-state index in [4.69, 9.17) is 11.6 Å². The van der Waals surface area contributed by atoms with Crippen LogP contribution in [-0.4, -0.2) is 0 Å². The largest absolute Gasteiger partial charge is 0.0835 e. The number of aryl methyl sites for hydroxylation is 2. The molecular formula is C16H15Br2Cl. The molecule has 0 aliphatic carbocycles. The zero-order chi connectivity index (χ0) is 14.0. The monoisotopic (exact) mass is 400 g/mol. The molecule has 100 valence electrons. The maximum Gasteiger partial charge on any atom is 0.0551 e. The molecule has 0 saturated heterocycles. The number of halogens is 3. The maximum absolute atomic E-state index is 6.14. The number of hydrogen-bond acceptors (Lipinski definition) is 0. The fraction of sp³-hybridized carbons (Fsp3) is 0.250. The van der Waals surface area contributed by atoms with E-state index < -0.39 is 0 Å². The van der Waals surface area contributed by atoms with Crippen LogP contribution in [-0.2, 0) is 6.42 Å². The van der Waals surface area contributed by atoms with E-state index in [0.29, 0.717) is 0 Å². The van der Waals surface area contributed by atoms with E-state index in [1.54, 1.807) is 0 Å². The van der Waals surface area contributed by atoms with Crippen LogP contribution < -0.4 is 0 Å². The summed E-state index contributed by atoms with van der Waals surface area (Å²) in [6.45, 7) is 4.29. The minimum absolute atomic E-state index is 0.278. The predicted molar refractivity (Wildman–Crippen MR) is 90.4 cm³/mol. The Kier molecular flexibility index (Phi) is 5.10. The SMILES string of the molecule is Cc1ccc(CC(Br)c2ccc(Br)c(Cl)c2)cc1C. The molecule has 0 radical (unpaired) electrons. The van der Waals surface area contributed by atoms with Gasteiger partial charge in [-0.15, -0.1) is 0 Å². The van der Waals surface area contributed by atoms with Crippen molar-refractivity contribution in [2.24, 2.45) is 0 Å². The van der Waals surface area contributed by atoms with E-state index >= 15 is 0 Å². The molecule has 0 heterocycles. The lowest BCUT2D eigenvalue weighted by atomic mass is 10.0. The van der Waals surface area contributed by atoms with E-state index in [1.165, 1.54) is 22.3 Å². The van der Waals surface area contributed by atoms with Gasteiger partial charge >= 0.3 is 0 Å². The van der Waals surface area contributed by atoms with Gasteiger partial charge in [-0.2, -0.15) is 0 Å². The summed E-state index contributed by atoms with van der Waals surface area (Å²) in [6.07, 6.45) is 0.957. The van der Waals surface area contributed by atoms with Gasteiger partial charge in [0.25, 0.3) is 0 Å². The Labute approximate surface area is 136 Å². The molecule has 19 heavy (non-hydrogen) atoms. The maximum atomic E-state index is 6.14. The van der Waals surface area contributed by atoms with Gasteiger partial charge in [0, 0.05) is 9.30 Å². The highest BCUT2D eigenvalue weighted by molar-refractivity contribution is 9.10. The summed E-state index contributed by atoms with van der Waals surface area (Å²) in [7, 11) is 0. The van der Waals surface area contributed by atoms with Crippen LogP contribution in [0.1, 0.15) is 27.1 Å². The van der Waals surface area contributed by atoms with Crippen molar-refractivity contribution in [1.82, 2.24) is 0 Å². The Balaban J connectivity index is 2.17. The van der Waals surface area contributed by atoms with Crippen molar-refractivity contribution in [3.05, 3.63) is 68.1 Å². The summed E-state index contributed by atoms with van der Waals surface area (Å²) in [5.41, 5.74) is 5.21. The van der Waals surface area contributed by atoms with Crippen molar-refractivity contribution in [3.63, 3.8) is 0 Å². The minimum atomic E-state index is 0.278. The Morgan fingerprint density at radius 3 is 2.42 bits per heavy atom. The molecule has 2 aromatic rings. The number of alkyl halides is 1. The number of benzene rings is 2. The molecule has 2 aromatic carbocycles. The van der Waals surface area contributed by atoms with Gasteiger partial charge in [-0.1, -0.05) is 51.8 Å².